The predicted molar refractivity (Wildman–Crippen MR) is 203 cm³/mol. The molecule has 4 fully saturated rings. The quantitative estimate of drug-likeness (QED) is 0.315. The first-order chi connectivity index (χ1) is 27.6. The topological polar surface area (TPSA) is 199 Å². The number of halogens is 2. The number of hydrogen-bond donors (Lipinski definition) is 4. The zero-order valence-electron chi connectivity index (χ0n) is 33.0. The fourth-order valence-corrected chi connectivity index (χ4v) is 8.25. The van der Waals surface area contributed by atoms with E-state index in [4.69, 9.17) is 4.74 Å². The molecule has 16 nitrogen and oxygen atoms in total. The van der Waals surface area contributed by atoms with Crippen molar-refractivity contribution in [3.63, 3.8) is 0 Å². The average Bonchev–Trinajstić information content (AvgIpc) is 3.83. The smallest absolute Gasteiger partial charge is 0.329 e. The highest BCUT2D eigenvalue weighted by Gasteiger charge is 2.47. The summed E-state index contributed by atoms with van der Waals surface area (Å²) in [6.45, 7) is 7.15. The molecule has 1 aromatic heterocycles. The number of benzene rings is 1. The van der Waals surface area contributed by atoms with Gasteiger partial charge in [0.1, 0.15) is 59.8 Å². The molecule has 8 atom stereocenters. The molecule has 1 aromatic carbocycles. The van der Waals surface area contributed by atoms with Crippen molar-refractivity contribution < 1.29 is 47.1 Å². The number of piperidine rings is 1. The summed E-state index contributed by atoms with van der Waals surface area (Å²) in [4.78, 5) is 106. The molecule has 0 unspecified atom stereocenters. The highest BCUT2D eigenvalue weighted by molar-refractivity contribution is 5.98. The standard InChI is InChI=1S/C40H50F2N8O8/c1-21-10-11-32(43-19-21)46-40(57)45-28(17-25-15-26(41)18-27(42)16-25)34(51)47-33-24(4)58-39(56)31-14-22(2)20-50(31)36(53)23(3)44-35(52)29-8-5-6-12-48(29)37(54)30-9-7-13-49(30)38(33)55/h10-11,15-16,18-19,22-24,28-31,33H,5-9,12-14,17,20H2,1-4H3,(H,44,52)(H,47,51)(H2,43,45,46,57)/t22-,23-,24-,28-,29-,30-,31-,33-/m0/s1. The largest absolute Gasteiger partial charge is 0.458 e. The molecule has 18 heteroatoms. The highest BCUT2D eigenvalue weighted by Crippen LogP contribution is 2.29. The van der Waals surface area contributed by atoms with Crippen LogP contribution >= 0.6 is 0 Å². The molecule has 5 heterocycles. The molecule has 7 amide bonds. The van der Waals surface area contributed by atoms with Gasteiger partial charge >= 0.3 is 12.0 Å². The third kappa shape index (κ3) is 9.53. The van der Waals surface area contributed by atoms with E-state index in [0.29, 0.717) is 31.7 Å². The van der Waals surface area contributed by atoms with Gasteiger partial charge in [0, 0.05) is 38.3 Å². The summed E-state index contributed by atoms with van der Waals surface area (Å²) in [5.74, 6) is -5.88. The lowest BCUT2D eigenvalue weighted by Crippen LogP contribution is -2.63. The van der Waals surface area contributed by atoms with Crippen molar-refractivity contribution in [1.29, 1.82) is 0 Å². The Labute approximate surface area is 334 Å². The van der Waals surface area contributed by atoms with Crippen LogP contribution in [0.1, 0.15) is 70.4 Å². The van der Waals surface area contributed by atoms with Crippen LogP contribution in [-0.2, 0) is 39.9 Å². The minimum absolute atomic E-state index is 0.00914. The molecule has 0 radical (unpaired) electrons. The van der Waals surface area contributed by atoms with Gasteiger partial charge in [0.2, 0.25) is 29.5 Å². The van der Waals surface area contributed by atoms with Crippen molar-refractivity contribution in [1.82, 2.24) is 35.6 Å². The van der Waals surface area contributed by atoms with E-state index < -0.39 is 102 Å². The summed E-state index contributed by atoms with van der Waals surface area (Å²) in [5.41, 5.74) is 0.833. The number of esters is 1. The lowest BCUT2D eigenvalue weighted by molar-refractivity contribution is -0.163. The molecule has 4 aliphatic rings. The number of rotatable bonds is 6. The van der Waals surface area contributed by atoms with Gasteiger partial charge in [-0.15, -0.1) is 0 Å². The number of ether oxygens (including phenoxy) is 1. The molecule has 58 heavy (non-hydrogen) atoms. The second-order valence-electron chi connectivity index (χ2n) is 15.8. The maximum Gasteiger partial charge on any atom is 0.329 e. The average molecular weight is 809 g/mol. The predicted octanol–water partition coefficient (Wildman–Crippen LogP) is 1.94. The number of pyridine rings is 1. The maximum absolute atomic E-state index is 14.7. The third-order valence-electron chi connectivity index (χ3n) is 11.2. The van der Waals surface area contributed by atoms with Crippen LogP contribution in [0.25, 0.3) is 0 Å². The van der Waals surface area contributed by atoms with Crippen molar-refractivity contribution in [3.05, 3.63) is 59.3 Å². The van der Waals surface area contributed by atoms with Crippen LogP contribution in [-0.4, -0.2) is 123 Å². The Kier molecular flexibility index (Phi) is 12.9. The van der Waals surface area contributed by atoms with Gasteiger partial charge in [-0.3, -0.25) is 29.3 Å². The van der Waals surface area contributed by atoms with Crippen LogP contribution in [0, 0.1) is 24.5 Å². The number of urea groups is 1. The van der Waals surface area contributed by atoms with Gasteiger partial charge in [-0.1, -0.05) is 13.0 Å². The number of carbonyl (C=O) groups is 7. The lowest BCUT2D eigenvalue weighted by Gasteiger charge is -2.39. The Morgan fingerprint density at radius 2 is 1.57 bits per heavy atom. The summed E-state index contributed by atoms with van der Waals surface area (Å²) < 4.78 is 34.5. The number of carbonyl (C=O) groups excluding carboxylic acids is 7. The molecule has 4 N–H and O–H groups in total. The highest BCUT2D eigenvalue weighted by atomic mass is 19.1. The number of amides is 7. The fourth-order valence-electron chi connectivity index (χ4n) is 8.25. The molecular formula is C40H50F2N8O8. The SMILES string of the molecule is Cc1ccc(NC(=O)N[C@@H](Cc2cc(F)cc(F)c2)C(=O)N[C@@H]2C(=O)N3CCC[C@H]3C(=O)N3CCCC[C@H]3C(=O)N[C@@H](C)C(=O)N3C[C@@H](C)C[C@H]3C(=O)O[C@H]2C)nc1. The molecule has 0 spiro atoms. The maximum atomic E-state index is 14.7. The van der Waals surface area contributed by atoms with Crippen molar-refractivity contribution in [2.45, 2.75) is 115 Å². The normalized spacial score (nSPS) is 27.5. The van der Waals surface area contributed by atoms with Gasteiger partial charge < -0.3 is 35.4 Å². The zero-order valence-corrected chi connectivity index (χ0v) is 33.0. The van der Waals surface area contributed by atoms with Gasteiger partial charge in [-0.05, 0) is 94.5 Å². The Balaban J connectivity index is 1.34. The first-order valence-corrected chi connectivity index (χ1v) is 19.8. The summed E-state index contributed by atoms with van der Waals surface area (Å²) in [6, 6.07) is -2.18. The third-order valence-corrected chi connectivity index (χ3v) is 11.2. The van der Waals surface area contributed by atoms with Crippen LogP contribution in [0.5, 0.6) is 0 Å². The number of nitrogens with zero attached hydrogens (tertiary/aromatic N) is 4. The van der Waals surface area contributed by atoms with E-state index in [1.807, 2.05) is 6.92 Å². The van der Waals surface area contributed by atoms with Crippen molar-refractivity contribution in [3.8, 4) is 0 Å². The summed E-state index contributed by atoms with van der Waals surface area (Å²) in [6.07, 6.45) is 2.27. The molecule has 0 aliphatic carbocycles. The summed E-state index contributed by atoms with van der Waals surface area (Å²) in [5, 5.41) is 10.4. The van der Waals surface area contributed by atoms with Crippen molar-refractivity contribution >= 4 is 47.4 Å². The van der Waals surface area contributed by atoms with Crippen LogP contribution < -0.4 is 21.3 Å². The van der Waals surface area contributed by atoms with E-state index in [1.54, 1.807) is 13.0 Å². The number of cyclic esters (lactones) is 1. The van der Waals surface area contributed by atoms with Gasteiger partial charge in [0.05, 0.1) is 0 Å². The minimum Gasteiger partial charge on any atom is -0.458 e. The van der Waals surface area contributed by atoms with Gasteiger partial charge in [0.25, 0.3) is 0 Å². The monoisotopic (exact) mass is 808 g/mol. The molecule has 4 saturated heterocycles. The van der Waals surface area contributed by atoms with E-state index in [-0.39, 0.29) is 49.8 Å². The van der Waals surface area contributed by atoms with E-state index in [0.717, 1.165) is 17.7 Å². The lowest BCUT2D eigenvalue weighted by atomic mass is 9.99. The number of aromatic nitrogens is 1. The summed E-state index contributed by atoms with van der Waals surface area (Å²) >= 11 is 0. The van der Waals surface area contributed by atoms with E-state index in [9.17, 15) is 42.3 Å². The second-order valence-corrected chi connectivity index (χ2v) is 15.8. The van der Waals surface area contributed by atoms with Crippen molar-refractivity contribution in [2.75, 3.05) is 25.0 Å². The Bertz CT molecular complexity index is 1910. The van der Waals surface area contributed by atoms with E-state index in [2.05, 4.69) is 26.3 Å². The van der Waals surface area contributed by atoms with E-state index >= 15 is 0 Å². The Morgan fingerprint density at radius 1 is 0.879 bits per heavy atom. The minimum atomic E-state index is -1.63. The second kappa shape index (κ2) is 17.9. The zero-order chi connectivity index (χ0) is 41.8. The first-order valence-electron chi connectivity index (χ1n) is 19.8. The first kappa shape index (κ1) is 41.9. The molecule has 6 rings (SSSR count). The number of fused-ring (bicyclic) bond motifs is 3. The summed E-state index contributed by atoms with van der Waals surface area (Å²) in [7, 11) is 0. The van der Waals surface area contributed by atoms with Gasteiger partial charge in [-0.2, -0.15) is 0 Å². The molecule has 0 saturated carbocycles. The number of anilines is 1. The molecule has 2 aromatic rings. The van der Waals surface area contributed by atoms with Crippen LogP contribution in [0.4, 0.5) is 19.4 Å². The Morgan fingerprint density at radius 3 is 2.28 bits per heavy atom. The number of hydrogen-bond acceptors (Lipinski definition) is 9. The molecule has 312 valence electrons. The molecular weight excluding hydrogens is 758 g/mol. The van der Waals surface area contributed by atoms with Crippen LogP contribution in [0.2, 0.25) is 0 Å². The van der Waals surface area contributed by atoms with Crippen molar-refractivity contribution in [2.24, 2.45) is 5.92 Å². The molecule has 4 aliphatic heterocycles. The Hall–Kier alpha value is -5.68. The number of nitrogens with one attached hydrogen (secondary N) is 4. The van der Waals surface area contributed by atoms with Gasteiger partial charge in [0.15, 0.2) is 0 Å². The van der Waals surface area contributed by atoms with Gasteiger partial charge in [-0.25, -0.2) is 23.4 Å². The van der Waals surface area contributed by atoms with E-state index in [1.165, 1.54) is 40.8 Å². The fraction of sp³-hybridized carbons (Fsp3) is 0.550. The molecule has 0 bridgehead atoms. The van der Waals surface area contributed by atoms with Crippen LogP contribution in [0.3, 0.4) is 0 Å². The number of aryl methyl sites for hydroxylation is 1. The van der Waals surface area contributed by atoms with Crippen LogP contribution in [0.15, 0.2) is 36.5 Å².